The molecule has 0 amide bonds. The molecular weight excluding hydrogens is 543 g/mol. The number of benzene rings is 3. The van der Waals surface area contributed by atoms with E-state index in [2.05, 4.69) is 126 Å². The SMILES string of the molecule is CCC(C)c1cc[c-]([Si](c2cccc(C)c2)(c2cccc(C)c2)c2cccc(C)c2)c1.[Cl-].[Cl-].[Cl-].[Ti+4]. The van der Waals surface area contributed by atoms with Gasteiger partial charge in [-0.2, -0.15) is 17.7 Å². The zero-order valence-corrected chi connectivity index (χ0v) is 25.9. The average Bonchev–Trinajstić information content (AvgIpc) is 3.24. The van der Waals surface area contributed by atoms with Crippen molar-refractivity contribution in [3.8, 4) is 0 Å². The van der Waals surface area contributed by atoms with Crippen molar-refractivity contribution in [1.82, 2.24) is 0 Å². The molecule has 4 aromatic rings. The minimum absolute atomic E-state index is 0. The molecule has 4 aromatic carbocycles. The van der Waals surface area contributed by atoms with E-state index in [1.165, 1.54) is 43.0 Å². The topological polar surface area (TPSA) is 0 Å². The van der Waals surface area contributed by atoms with Crippen LogP contribution in [0.25, 0.3) is 0 Å². The van der Waals surface area contributed by atoms with Crippen molar-refractivity contribution in [2.45, 2.75) is 47.0 Å². The second kappa shape index (κ2) is 14.5. The Hall–Kier alpha value is -1.19. The third-order valence-corrected chi connectivity index (χ3v) is 11.5. The molecule has 0 saturated carbocycles. The van der Waals surface area contributed by atoms with Gasteiger partial charge in [0.1, 0.15) is 8.07 Å². The van der Waals surface area contributed by atoms with Gasteiger partial charge in [0.05, 0.1) is 0 Å². The normalized spacial score (nSPS) is 11.2. The monoisotopic (exact) mass is 574 g/mol. The summed E-state index contributed by atoms with van der Waals surface area (Å²) in [6.45, 7) is 11.3. The fourth-order valence-corrected chi connectivity index (χ4v) is 9.96. The molecule has 0 radical (unpaired) electrons. The molecule has 5 heteroatoms. The van der Waals surface area contributed by atoms with Gasteiger partial charge < -0.3 is 37.2 Å². The summed E-state index contributed by atoms with van der Waals surface area (Å²) in [7, 11) is -2.43. The fraction of sp³-hybridized carbons (Fsp3) is 0.233. The molecule has 0 heterocycles. The first kappa shape index (κ1) is 33.8. The van der Waals surface area contributed by atoms with Crippen molar-refractivity contribution in [3.63, 3.8) is 0 Å². The Bertz CT molecular complexity index is 1090. The van der Waals surface area contributed by atoms with Crippen molar-refractivity contribution in [1.29, 1.82) is 0 Å². The Balaban J connectivity index is 0.00000289. The second-order valence-corrected chi connectivity index (χ2v) is 12.9. The van der Waals surface area contributed by atoms with E-state index in [1.807, 2.05) is 0 Å². The molecule has 0 aliphatic heterocycles. The van der Waals surface area contributed by atoms with E-state index in [0.717, 1.165) is 6.42 Å². The summed E-state index contributed by atoms with van der Waals surface area (Å²) >= 11 is 0. The molecule has 0 aliphatic rings. The number of rotatable bonds is 6. The van der Waals surface area contributed by atoms with Gasteiger partial charge in [-0.3, -0.25) is 0 Å². The van der Waals surface area contributed by atoms with Crippen LogP contribution >= 0.6 is 0 Å². The van der Waals surface area contributed by atoms with Crippen LogP contribution in [-0.4, -0.2) is 8.07 Å². The smallest absolute Gasteiger partial charge is 1.00 e. The van der Waals surface area contributed by atoms with Crippen molar-refractivity contribution < 1.29 is 58.9 Å². The van der Waals surface area contributed by atoms with E-state index >= 15 is 0 Å². The molecule has 182 valence electrons. The summed E-state index contributed by atoms with van der Waals surface area (Å²) in [5.41, 5.74) is 5.43. The van der Waals surface area contributed by atoms with Crippen LogP contribution in [0.4, 0.5) is 0 Å². The Kier molecular flexibility index (Phi) is 14.0. The van der Waals surface area contributed by atoms with E-state index in [4.69, 9.17) is 0 Å². The molecule has 0 aliphatic carbocycles. The predicted octanol–water partition coefficient (Wildman–Crippen LogP) is -3.77. The maximum absolute atomic E-state index is 2.51. The summed E-state index contributed by atoms with van der Waals surface area (Å²) in [5.74, 6) is 0.577. The fourth-order valence-electron chi connectivity index (χ4n) is 4.87. The molecule has 0 fully saturated rings. The van der Waals surface area contributed by atoms with Crippen LogP contribution in [0, 0.1) is 20.8 Å². The van der Waals surface area contributed by atoms with Crippen LogP contribution in [0.3, 0.4) is 0 Å². The molecule has 1 unspecified atom stereocenters. The van der Waals surface area contributed by atoms with Crippen molar-refractivity contribution >= 4 is 28.8 Å². The maximum atomic E-state index is 2.51. The predicted molar refractivity (Wildman–Crippen MR) is 139 cm³/mol. The maximum Gasteiger partial charge on any atom is 4.00 e. The van der Waals surface area contributed by atoms with E-state index < -0.39 is 8.07 Å². The Labute approximate surface area is 246 Å². The number of halogens is 3. The van der Waals surface area contributed by atoms with E-state index in [9.17, 15) is 0 Å². The van der Waals surface area contributed by atoms with E-state index in [0.29, 0.717) is 5.92 Å². The number of hydrogen-bond donors (Lipinski definition) is 0. The Morgan fingerprint density at radius 1 is 0.686 bits per heavy atom. The molecule has 0 saturated heterocycles. The zero-order valence-electron chi connectivity index (χ0n) is 21.1. The van der Waals surface area contributed by atoms with E-state index in [-0.39, 0.29) is 58.9 Å². The van der Waals surface area contributed by atoms with Crippen LogP contribution in [0.15, 0.2) is 91.0 Å². The second-order valence-electron chi connectivity index (χ2n) is 9.10. The quantitative estimate of drug-likeness (QED) is 0.126. The summed E-state index contributed by atoms with van der Waals surface area (Å²) in [6, 6.07) is 35.0. The van der Waals surface area contributed by atoms with Gasteiger partial charge in [0.25, 0.3) is 0 Å². The molecule has 4 rings (SSSR count). The van der Waals surface area contributed by atoms with Gasteiger partial charge in [-0.15, -0.1) is 5.19 Å². The van der Waals surface area contributed by atoms with E-state index in [1.54, 1.807) is 0 Å². The van der Waals surface area contributed by atoms with Crippen LogP contribution in [-0.2, 0) is 21.7 Å². The molecule has 35 heavy (non-hydrogen) atoms. The molecule has 0 aromatic heterocycles. The third-order valence-electron chi connectivity index (χ3n) is 6.75. The molecule has 0 nitrogen and oxygen atoms in total. The van der Waals surface area contributed by atoms with Gasteiger partial charge in [-0.1, -0.05) is 131 Å². The molecular formula is C30H33Cl3SiTi. The van der Waals surface area contributed by atoms with Crippen molar-refractivity contribution in [3.05, 3.63) is 113 Å². The molecule has 0 bridgehead atoms. The largest absolute Gasteiger partial charge is 4.00 e. The Morgan fingerprint density at radius 2 is 1.09 bits per heavy atom. The van der Waals surface area contributed by atoms with Crippen LogP contribution < -0.4 is 58.0 Å². The first-order valence-corrected chi connectivity index (χ1v) is 13.4. The first-order chi connectivity index (χ1) is 14.9. The molecule has 0 spiro atoms. The minimum atomic E-state index is -2.43. The molecule has 1 atom stereocenters. The number of hydrogen-bond acceptors (Lipinski definition) is 0. The van der Waals surface area contributed by atoms with Crippen LogP contribution in [0.1, 0.15) is 48.4 Å². The van der Waals surface area contributed by atoms with Crippen molar-refractivity contribution in [2.24, 2.45) is 0 Å². The summed E-state index contributed by atoms with van der Waals surface area (Å²) in [4.78, 5) is 0. The van der Waals surface area contributed by atoms with Gasteiger partial charge in [0.15, 0.2) is 0 Å². The summed E-state index contributed by atoms with van der Waals surface area (Å²) < 4.78 is 0. The Morgan fingerprint density at radius 3 is 1.43 bits per heavy atom. The van der Waals surface area contributed by atoms with Gasteiger partial charge in [-0.25, -0.2) is 6.07 Å². The summed E-state index contributed by atoms with van der Waals surface area (Å²) in [5, 5.41) is 5.88. The third kappa shape index (κ3) is 6.77. The van der Waals surface area contributed by atoms with Crippen LogP contribution in [0.2, 0.25) is 0 Å². The van der Waals surface area contributed by atoms with Gasteiger partial charge in [0, 0.05) is 0 Å². The van der Waals surface area contributed by atoms with Crippen molar-refractivity contribution in [2.75, 3.05) is 0 Å². The van der Waals surface area contributed by atoms with Crippen LogP contribution in [0.5, 0.6) is 0 Å². The zero-order chi connectivity index (χ0) is 22.0. The van der Waals surface area contributed by atoms with Gasteiger partial charge >= 0.3 is 21.7 Å². The average molecular weight is 576 g/mol. The van der Waals surface area contributed by atoms with Gasteiger partial charge in [-0.05, 0) is 20.8 Å². The first-order valence-electron chi connectivity index (χ1n) is 11.4. The number of aryl methyl sites for hydroxylation is 3. The summed E-state index contributed by atoms with van der Waals surface area (Å²) in [6.07, 6.45) is 1.16. The standard InChI is InChI=1S/C30H33Si.3ClH.Ti/c1-6-25(5)26-16-17-30(21-26)31(27-13-7-10-22(2)18-27,28-14-8-11-23(3)19-28)29-15-9-12-24(4)20-29;;;;/h7-21,25H,6H2,1-5H3;3*1H;/q-1;;;;+4/p-3. The molecule has 0 N–H and O–H groups in total. The minimum Gasteiger partial charge on any atom is -1.00 e. The van der Waals surface area contributed by atoms with Gasteiger partial charge in [0.2, 0.25) is 0 Å².